The molecular weight excluding hydrogens is 1420 g/mol. The predicted molar refractivity (Wildman–Crippen MR) is 441 cm³/mol. The van der Waals surface area contributed by atoms with Crippen molar-refractivity contribution in [3.8, 4) is 0 Å². The summed E-state index contributed by atoms with van der Waals surface area (Å²) in [5.41, 5.74) is 32.2. The largest absolute Gasteiger partial charge is 0.481 e. The van der Waals surface area contributed by atoms with E-state index in [9.17, 15) is 43.5 Å². The first-order valence-corrected chi connectivity index (χ1v) is 42.6. The van der Waals surface area contributed by atoms with Crippen molar-refractivity contribution in [1.29, 1.82) is 0 Å². The van der Waals surface area contributed by atoms with Crippen LogP contribution in [0.5, 0.6) is 0 Å². The number of unbranched alkanes of at least 4 members (excludes halogenated alkanes) is 13. The monoisotopic (exact) mass is 1560 g/mol. The minimum Gasteiger partial charge on any atom is -0.481 e. The van der Waals surface area contributed by atoms with Crippen molar-refractivity contribution in [2.24, 2.45) is 74.2 Å². The number of thioether (sulfide) groups is 1. The summed E-state index contributed by atoms with van der Waals surface area (Å²) in [6, 6.07) is -2.65. The molecule has 1 aromatic rings. The van der Waals surface area contributed by atoms with E-state index in [1.54, 1.807) is 6.92 Å². The number of carbonyl (C=O) groups excluding carboxylic acids is 10. The summed E-state index contributed by atoms with van der Waals surface area (Å²) < 4.78 is 0. The molecule has 2 rings (SSSR count). The molecule has 19 N–H and O–H groups in total. The van der Waals surface area contributed by atoms with E-state index < -0.39 is 120 Å². The Hall–Kier alpha value is -7.62. The van der Waals surface area contributed by atoms with Crippen molar-refractivity contribution in [3.63, 3.8) is 0 Å². The fraction of sp³-hybridized carbons (Fsp3) is 0.744. The third-order valence-electron chi connectivity index (χ3n) is 21.3. The lowest BCUT2D eigenvalue weighted by Crippen LogP contribution is -2.60. The second-order valence-corrected chi connectivity index (χ2v) is 31.9. The summed E-state index contributed by atoms with van der Waals surface area (Å²) in [5.74, 6) is -8.48. The Balaban J connectivity index is 2.63. The van der Waals surface area contributed by atoms with Crippen molar-refractivity contribution in [1.82, 2.24) is 42.5 Å². The van der Waals surface area contributed by atoms with Gasteiger partial charge in [0.05, 0.1) is 18.3 Å². The first-order valence-electron chi connectivity index (χ1n) is 41.2. The summed E-state index contributed by atoms with van der Waals surface area (Å²) in [4.78, 5) is 164. The highest BCUT2D eigenvalue weighted by molar-refractivity contribution is 7.98. The van der Waals surface area contributed by atoms with Gasteiger partial charge in [-0.25, -0.2) is 0 Å². The molecule has 110 heavy (non-hydrogen) atoms. The van der Waals surface area contributed by atoms with Gasteiger partial charge in [-0.3, -0.25) is 62.7 Å². The van der Waals surface area contributed by atoms with Crippen LogP contribution in [-0.4, -0.2) is 162 Å². The predicted octanol–water partition coefficient (Wildman–Crippen LogP) is 8.76. The molecule has 28 heteroatoms. The number of guanidine groups is 1. The quantitative estimate of drug-likeness (QED) is 0.0164. The number of benzene rings is 1. The molecular formula is C82H143N15O12S. The van der Waals surface area contributed by atoms with E-state index in [0.29, 0.717) is 37.3 Å². The number of allylic oxidation sites excluding steroid dienone is 1. The van der Waals surface area contributed by atoms with E-state index in [2.05, 4.69) is 72.4 Å². The number of aliphatic imine (C=N–C) groups is 2. The van der Waals surface area contributed by atoms with E-state index in [1.165, 1.54) is 56.7 Å². The molecule has 1 aliphatic carbocycles. The van der Waals surface area contributed by atoms with Crippen LogP contribution >= 0.6 is 11.8 Å². The Bertz CT molecular complexity index is 3090. The maximum absolute atomic E-state index is 15.3. The van der Waals surface area contributed by atoms with Gasteiger partial charge in [0.15, 0.2) is 11.7 Å². The fourth-order valence-corrected chi connectivity index (χ4v) is 14.4. The Morgan fingerprint density at radius 2 is 1.01 bits per heavy atom. The third kappa shape index (κ3) is 38.5. The van der Waals surface area contributed by atoms with Crippen LogP contribution in [0.3, 0.4) is 0 Å². The molecule has 1 aliphatic rings. The number of nitrogens with zero attached hydrogens (tertiary/aromatic N) is 2. The third-order valence-corrected chi connectivity index (χ3v) is 22.0. The van der Waals surface area contributed by atoms with Crippen LogP contribution in [0.25, 0.3) is 5.57 Å². The van der Waals surface area contributed by atoms with Crippen molar-refractivity contribution in [3.05, 3.63) is 41.5 Å². The first kappa shape index (κ1) is 98.5. The van der Waals surface area contributed by atoms with Crippen molar-refractivity contribution in [2.45, 2.75) is 323 Å². The van der Waals surface area contributed by atoms with E-state index in [-0.39, 0.29) is 131 Å². The number of amidine groups is 1. The molecule has 0 aromatic heterocycles. The maximum atomic E-state index is 15.3. The number of hydrogen-bond donors (Lipinski definition) is 14. The number of rotatable bonds is 61. The first-order chi connectivity index (χ1) is 52.4. The second kappa shape index (κ2) is 55.7. The Morgan fingerprint density at radius 1 is 0.527 bits per heavy atom. The average molecular weight is 1560 g/mol. The number of ketones is 1. The number of nitrogens with two attached hydrogens (primary N) is 5. The van der Waals surface area contributed by atoms with Gasteiger partial charge in [0.2, 0.25) is 53.2 Å². The average Bonchev–Trinajstić information content (AvgIpc) is 0.797. The Kier molecular flexibility index (Phi) is 49.9. The highest BCUT2D eigenvalue weighted by Crippen LogP contribution is 2.38. The lowest BCUT2D eigenvalue weighted by Gasteiger charge is -2.31. The van der Waals surface area contributed by atoms with E-state index in [1.807, 2.05) is 85.9 Å². The zero-order valence-corrected chi connectivity index (χ0v) is 69.5. The zero-order valence-electron chi connectivity index (χ0n) is 68.7. The molecule has 1 aromatic carbocycles. The molecule has 14 unspecified atom stereocenters. The minimum absolute atomic E-state index is 0.00736. The normalized spacial score (nSPS) is 16.4. The van der Waals surface area contributed by atoms with Crippen LogP contribution in [0, 0.1) is 35.5 Å². The SMILES string of the molecule is CCCCCCCCCCCCCCCC(=O)NC(CC(=O)O)C(=O)NC(CCCN=C(N)N)C(=O)NC(CC(C)C)C(=O)NC(CCCN=C(N)C(C)CC)C(=O)NC(CCCCN)C(=O)NC(CC1=CCC(CC)c2ccccc21)C(=O)NC(CCSC)C(=O)NC(C)C(=O)CC(C)C(C)C(C(N)=O)C(C)CC. The van der Waals surface area contributed by atoms with Crippen LogP contribution in [0.15, 0.2) is 40.3 Å². The minimum atomic E-state index is -1.57. The van der Waals surface area contributed by atoms with E-state index in [0.717, 1.165) is 68.1 Å². The molecule has 0 aliphatic heterocycles. The lowest BCUT2D eigenvalue weighted by atomic mass is 9.74. The molecule has 0 saturated heterocycles. The van der Waals surface area contributed by atoms with Crippen LogP contribution in [0.1, 0.15) is 286 Å². The van der Waals surface area contributed by atoms with Gasteiger partial charge in [-0.2, -0.15) is 11.8 Å². The summed E-state index contributed by atoms with van der Waals surface area (Å²) in [7, 11) is 0. The summed E-state index contributed by atoms with van der Waals surface area (Å²) >= 11 is 1.45. The number of nitrogens with one attached hydrogen (secondary N) is 8. The number of carboxylic acid groups (broad SMARTS) is 1. The molecule has 27 nitrogen and oxygen atoms in total. The number of amides is 9. The smallest absolute Gasteiger partial charge is 0.305 e. The molecule has 0 fully saturated rings. The summed E-state index contributed by atoms with van der Waals surface area (Å²) in [6.07, 6.45) is 21.7. The van der Waals surface area contributed by atoms with Crippen LogP contribution in [0.2, 0.25) is 0 Å². The number of hydrogen-bond acceptors (Lipinski definition) is 15. The highest BCUT2D eigenvalue weighted by Gasteiger charge is 2.38. The summed E-state index contributed by atoms with van der Waals surface area (Å²) in [6.45, 7) is 21.6. The van der Waals surface area contributed by atoms with Gasteiger partial charge >= 0.3 is 5.97 Å². The van der Waals surface area contributed by atoms with Crippen LogP contribution < -0.4 is 71.2 Å². The molecule has 0 saturated carbocycles. The molecule has 0 spiro atoms. The van der Waals surface area contributed by atoms with Gasteiger partial charge < -0.3 is 76.3 Å². The standard InChI is InChI=1S/C82H143N15O12S/c1-13-17-18-19-20-21-22-23-24-25-26-27-28-40-70(99)91-68(51-71(100)101)81(109)94-64(39-34-46-89-82(86)87)78(106)96-66(48-52(5)6)79(107)93-63(38-33-45-88-73(84)54(8)15-3)76(104)92-62(37-31-32-44-83)77(105)97-67(50-59-42-41-58(16-4)60-35-29-30-36-61(59)60)80(108)95-65(43-47-110-12)75(103)90-57(11)69(98)49-55(9)56(10)72(74(85)102)53(7)14-2/h29-30,35-36,42,52-58,62-68,72H,13-28,31-34,37-41,43-51,83H2,1-12H3,(H2,84,88)(H2,85,102)(H,90,103)(H,91,99)(H,92,104)(H,93,107)(H,94,109)(H,95,108)(H,96,106)(H,97,105)(H,100,101)(H4,86,87,89). The van der Waals surface area contributed by atoms with Gasteiger partial charge in [-0.15, -0.1) is 0 Å². The van der Waals surface area contributed by atoms with Gasteiger partial charge in [0.1, 0.15) is 42.3 Å². The van der Waals surface area contributed by atoms with Gasteiger partial charge in [-0.1, -0.05) is 183 Å². The zero-order chi connectivity index (χ0) is 82.3. The lowest BCUT2D eigenvalue weighted by molar-refractivity contribution is -0.141. The molecule has 0 radical (unpaired) electrons. The van der Waals surface area contributed by atoms with Crippen molar-refractivity contribution in [2.75, 3.05) is 31.6 Å². The fourth-order valence-electron chi connectivity index (χ4n) is 13.9. The van der Waals surface area contributed by atoms with E-state index >= 15 is 14.4 Å². The number of carbonyl (C=O) groups is 11. The molecule has 624 valence electrons. The van der Waals surface area contributed by atoms with Crippen LogP contribution in [-0.2, 0) is 52.7 Å². The highest BCUT2D eigenvalue weighted by atomic mass is 32.2. The number of Topliss-reactive ketones (excluding diaryl/α,β-unsaturated/α-hetero) is 1. The van der Waals surface area contributed by atoms with E-state index in [4.69, 9.17) is 28.7 Å². The van der Waals surface area contributed by atoms with Crippen molar-refractivity contribution < 1.29 is 57.8 Å². The number of fused-ring (bicyclic) bond motifs is 1. The van der Waals surface area contributed by atoms with Gasteiger partial charge in [0.25, 0.3) is 0 Å². The molecule has 0 bridgehead atoms. The van der Waals surface area contributed by atoms with Crippen LogP contribution in [0.4, 0.5) is 0 Å². The summed E-state index contributed by atoms with van der Waals surface area (Å²) in [5, 5.41) is 32.4. The maximum Gasteiger partial charge on any atom is 0.305 e. The molecule has 14 atom stereocenters. The topological polar surface area (TPSA) is 459 Å². The van der Waals surface area contributed by atoms with Gasteiger partial charge in [0, 0.05) is 44.2 Å². The Labute approximate surface area is 661 Å². The number of aliphatic carboxylic acids is 1. The molecule has 0 heterocycles. The number of primary amides is 1. The molecule has 9 amide bonds. The second-order valence-electron chi connectivity index (χ2n) is 30.9. The number of carboxylic acids is 1. The van der Waals surface area contributed by atoms with Gasteiger partial charge in [-0.05, 0) is 155 Å². The van der Waals surface area contributed by atoms with Crippen molar-refractivity contribution >= 4 is 94.0 Å². The Morgan fingerprint density at radius 3 is 1.51 bits per heavy atom.